The predicted octanol–water partition coefficient (Wildman–Crippen LogP) is 3.44. The minimum absolute atomic E-state index is 0.0786. The molecule has 3 nitrogen and oxygen atoms in total. The van der Waals surface area contributed by atoms with Crippen LogP contribution in [0.3, 0.4) is 0 Å². The van der Waals surface area contributed by atoms with Crippen molar-refractivity contribution >= 4 is 0 Å². The Kier molecular flexibility index (Phi) is 6.22. The van der Waals surface area contributed by atoms with Crippen LogP contribution in [0.25, 0.3) is 0 Å². The summed E-state index contributed by atoms with van der Waals surface area (Å²) in [4.78, 5) is 0. The summed E-state index contributed by atoms with van der Waals surface area (Å²) in [6, 6.07) is 10.9. The van der Waals surface area contributed by atoms with Crippen LogP contribution in [0, 0.1) is 5.92 Å². The molecular weight excluding hydrogens is 260 g/mol. The number of nitrogens with one attached hydrogen (secondary N) is 1. The summed E-state index contributed by atoms with van der Waals surface area (Å²) in [6.07, 6.45) is 6.78. The van der Waals surface area contributed by atoms with Gasteiger partial charge in [0, 0.05) is 6.61 Å². The van der Waals surface area contributed by atoms with E-state index in [1.54, 1.807) is 0 Å². The Bertz CT molecular complexity index is 399. The lowest BCUT2D eigenvalue weighted by Gasteiger charge is -2.44. The maximum Gasteiger partial charge on any atom is 0.0848 e. The van der Waals surface area contributed by atoms with Crippen molar-refractivity contribution in [3.63, 3.8) is 0 Å². The van der Waals surface area contributed by atoms with E-state index in [1.165, 1.54) is 18.4 Å². The molecule has 3 heteroatoms. The molecule has 0 saturated heterocycles. The standard InChI is InChI=1S/C18H30N2O/c1-3-21-18(13-11-15(2)12-14-18)17(20-19)10-9-16-7-5-4-6-8-16/h4-8,15,17,20H,3,9-14,19H2,1-2H3. The Hall–Kier alpha value is -0.900. The second-order valence-corrected chi connectivity index (χ2v) is 6.42. The third kappa shape index (κ3) is 4.29. The summed E-state index contributed by atoms with van der Waals surface area (Å²) in [5.74, 6) is 6.70. The first-order valence-corrected chi connectivity index (χ1v) is 8.34. The largest absolute Gasteiger partial charge is 0.374 e. The van der Waals surface area contributed by atoms with Gasteiger partial charge in [-0.05, 0) is 56.9 Å². The first kappa shape index (κ1) is 16.5. The Balaban J connectivity index is 2.02. The Morgan fingerprint density at radius 2 is 1.95 bits per heavy atom. The number of hydrogen-bond acceptors (Lipinski definition) is 3. The monoisotopic (exact) mass is 290 g/mol. The second-order valence-electron chi connectivity index (χ2n) is 6.42. The average molecular weight is 290 g/mol. The Morgan fingerprint density at radius 3 is 2.52 bits per heavy atom. The molecule has 3 N–H and O–H groups in total. The van der Waals surface area contributed by atoms with E-state index in [2.05, 4.69) is 49.6 Å². The summed E-state index contributed by atoms with van der Waals surface area (Å²) in [5, 5.41) is 0. The van der Waals surface area contributed by atoms with Crippen LogP contribution in [-0.4, -0.2) is 18.2 Å². The minimum atomic E-state index is -0.0786. The van der Waals surface area contributed by atoms with Crippen molar-refractivity contribution in [3.05, 3.63) is 35.9 Å². The normalized spacial score (nSPS) is 27.5. The number of hydrogen-bond donors (Lipinski definition) is 2. The summed E-state index contributed by atoms with van der Waals surface area (Å²) in [7, 11) is 0. The fraction of sp³-hybridized carbons (Fsp3) is 0.667. The molecule has 0 aliphatic heterocycles. The van der Waals surface area contributed by atoms with E-state index in [0.717, 1.165) is 38.2 Å². The maximum absolute atomic E-state index is 6.22. The number of benzene rings is 1. The van der Waals surface area contributed by atoms with Gasteiger partial charge in [0.25, 0.3) is 0 Å². The van der Waals surface area contributed by atoms with Gasteiger partial charge < -0.3 is 4.74 Å². The molecule has 0 radical (unpaired) electrons. The molecule has 0 spiro atoms. The fourth-order valence-corrected chi connectivity index (χ4v) is 3.59. The van der Waals surface area contributed by atoms with E-state index in [9.17, 15) is 0 Å². The van der Waals surface area contributed by atoms with E-state index in [1.807, 2.05) is 0 Å². The Labute approximate surface area is 129 Å². The molecule has 1 unspecified atom stereocenters. The minimum Gasteiger partial charge on any atom is -0.374 e. The van der Waals surface area contributed by atoms with E-state index >= 15 is 0 Å². The molecule has 1 atom stereocenters. The number of aryl methyl sites for hydroxylation is 1. The maximum atomic E-state index is 6.22. The van der Waals surface area contributed by atoms with Crippen LogP contribution >= 0.6 is 0 Å². The summed E-state index contributed by atoms with van der Waals surface area (Å²) in [5.41, 5.74) is 4.35. The number of hydrazine groups is 1. The highest BCUT2D eigenvalue weighted by molar-refractivity contribution is 5.15. The summed E-state index contributed by atoms with van der Waals surface area (Å²) in [6.45, 7) is 5.19. The van der Waals surface area contributed by atoms with Gasteiger partial charge in [0.05, 0.1) is 11.6 Å². The molecule has 2 rings (SSSR count). The number of ether oxygens (including phenoxy) is 1. The van der Waals surface area contributed by atoms with Gasteiger partial charge in [-0.2, -0.15) is 0 Å². The molecule has 1 aliphatic carbocycles. The molecular formula is C18H30N2O. The molecule has 1 aromatic carbocycles. The van der Waals surface area contributed by atoms with Gasteiger partial charge in [0.15, 0.2) is 0 Å². The zero-order chi connectivity index (χ0) is 15.1. The van der Waals surface area contributed by atoms with E-state index < -0.39 is 0 Å². The molecule has 1 saturated carbocycles. The van der Waals surface area contributed by atoms with Gasteiger partial charge >= 0.3 is 0 Å². The highest BCUT2D eigenvalue weighted by Gasteiger charge is 2.41. The van der Waals surface area contributed by atoms with Gasteiger partial charge in [-0.15, -0.1) is 0 Å². The first-order chi connectivity index (χ1) is 10.2. The van der Waals surface area contributed by atoms with Crippen LogP contribution in [0.4, 0.5) is 0 Å². The molecule has 1 aromatic rings. The third-order valence-corrected chi connectivity index (χ3v) is 4.95. The first-order valence-electron chi connectivity index (χ1n) is 8.34. The quantitative estimate of drug-likeness (QED) is 0.597. The van der Waals surface area contributed by atoms with E-state index in [0.29, 0.717) is 0 Å². The summed E-state index contributed by atoms with van der Waals surface area (Å²) < 4.78 is 6.22. The predicted molar refractivity (Wildman–Crippen MR) is 87.9 cm³/mol. The molecule has 21 heavy (non-hydrogen) atoms. The van der Waals surface area contributed by atoms with Gasteiger partial charge in [-0.1, -0.05) is 37.3 Å². The average Bonchev–Trinajstić information content (AvgIpc) is 2.52. The van der Waals surface area contributed by atoms with Crippen LogP contribution in [0.2, 0.25) is 0 Å². The lowest BCUT2D eigenvalue weighted by atomic mass is 9.74. The highest BCUT2D eigenvalue weighted by Crippen LogP contribution is 2.38. The fourth-order valence-electron chi connectivity index (χ4n) is 3.59. The SMILES string of the molecule is CCOC1(C(CCc2ccccc2)NN)CCC(C)CC1. The Morgan fingerprint density at radius 1 is 1.29 bits per heavy atom. The van der Waals surface area contributed by atoms with E-state index in [4.69, 9.17) is 10.6 Å². The van der Waals surface area contributed by atoms with Crippen LogP contribution in [0.15, 0.2) is 30.3 Å². The van der Waals surface area contributed by atoms with Crippen molar-refractivity contribution in [2.24, 2.45) is 11.8 Å². The molecule has 0 bridgehead atoms. The summed E-state index contributed by atoms with van der Waals surface area (Å²) >= 11 is 0. The van der Waals surface area contributed by atoms with Crippen molar-refractivity contribution in [2.45, 2.75) is 64.0 Å². The smallest absolute Gasteiger partial charge is 0.0848 e. The highest BCUT2D eigenvalue weighted by atomic mass is 16.5. The molecule has 1 fully saturated rings. The van der Waals surface area contributed by atoms with Crippen LogP contribution in [0.1, 0.15) is 51.5 Å². The van der Waals surface area contributed by atoms with Crippen molar-refractivity contribution in [1.82, 2.24) is 5.43 Å². The molecule has 0 aromatic heterocycles. The molecule has 0 heterocycles. The van der Waals surface area contributed by atoms with Gasteiger partial charge in [0.1, 0.15) is 0 Å². The lowest BCUT2D eigenvalue weighted by Crippen LogP contribution is -2.56. The van der Waals surface area contributed by atoms with Crippen molar-refractivity contribution in [1.29, 1.82) is 0 Å². The van der Waals surface area contributed by atoms with E-state index in [-0.39, 0.29) is 11.6 Å². The zero-order valence-corrected chi connectivity index (χ0v) is 13.5. The number of rotatable bonds is 7. The van der Waals surface area contributed by atoms with Gasteiger partial charge in [-0.3, -0.25) is 11.3 Å². The van der Waals surface area contributed by atoms with Crippen molar-refractivity contribution in [2.75, 3.05) is 6.61 Å². The number of nitrogens with two attached hydrogens (primary N) is 1. The third-order valence-electron chi connectivity index (χ3n) is 4.95. The second kappa shape index (κ2) is 7.92. The molecule has 118 valence electrons. The van der Waals surface area contributed by atoms with Crippen LogP contribution < -0.4 is 11.3 Å². The molecule has 0 amide bonds. The van der Waals surface area contributed by atoms with Crippen molar-refractivity contribution < 1.29 is 4.74 Å². The lowest BCUT2D eigenvalue weighted by molar-refractivity contribution is -0.0977. The van der Waals surface area contributed by atoms with Gasteiger partial charge in [0.2, 0.25) is 0 Å². The topological polar surface area (TPSA) is 47.3 Å². The zero-order valence-electron chi connectivity index (χ0n) is 13.5. The van der Waals surface area contributed by atoms with Crippen LogP contribution in [0.5, 0.6) is 0 Å². The molecule has 1 aliphatic rings. The van der Waals surface area contributed by atoms with Crippen LogP contribution in [-0.2, 0) is 11.2 Å². The van der Waals surface area contributed by atoms with Crippen molar-refractivity contribution in [3.8, 4) is 0 Å². The van der Waals surface area contributed by atoms with Gasteiger partial charge in [-0.25, -0.2) is 0 Å².